The molecule has 0 fully saturated rings. The van der Waals surface area contributed by atoms with E-state index >= 15 is 0 Å². The molecule has 1 atom stereocenters. The Kier molecular flexibility index (Phi) is 6.49. The van der Waals surface area contributed by atoms with E-state index in [2.05, 4.69) is 6.92 Å². The summed E-state index contributed by atoms with van der Waals surface area (Å²) in [7, 11) is 0. The first kappa shape index (κ1) is 13.4. The maximum atomic E-state index is 11.2. The van der Waals surface area contributed by atoms with Gasteiger partial charge in [-0.1, -0.05) is 26.2 Å². The molecule has 0 saturated heterocycles. The number of hydrogen-bond acceptors (Lipinski definition) is 4. The standard InChI is InChI=1S/C10H21NO3/c1-3-4-5-6-7-14-9(12)10(2,13)8-11/h13H,3-8,11H2,1-2H3. The molecule has 4 nitrogen and oxygen atoms in total. The Morgan fingerprint density at radius 2 is 2.07 bits per heavy atom. The zero-order chi connectivity index (χ0) is 11.0. The van der Waals surface area contributed by atoms with Crippen molar-refractivity contribution in [3.63, 3.8) is 0 Å². The SMILES string of the molecule is CCCCCCOC(=O)C(C)(O)CN. The number of esters is 1. The number of aliphatic hydroxyl groups is 1. The molecule has 0 aliphatic rings. The third-order valence-electron chi connectivity index (χ3n) is 2.07. The van der Waals surface area contributed by atoms with Crippen LogP contribution in [0.25, 0.3) is 0 Å². The summed E-state index contributed by atoms with van der Waals surface area (Å²) in [6.07, 6.45) is 4.19. The lowest BCUT2D eigenvalue weighted by Gasteiger charge is -2.18. The van der Waals surface area contributed by atoms with E-state index in [4.69, 9.17) is 10.5 Å². The molecule has 0 aliphatic heterocycles. The lowest BCUT2D eigenvalue weighted by molar-refractivity contribution is -0.162. The van der Waals surface area contributed by atoms with Crippen molar-refractivity contribution in [2.75, 3.05) is 13.2 Å². The lowest BCUT2D eigenvalue weighted by Crippen LogP contribution is -2.43. The van der Waals surface area contributed by atoms with Gasteiger partial charge >= 0.3 is 5.97 Å². The van der Waals surface area contributed by atoms with Crippen molar-refractivity contribution in [2.45, 2.75) is 45.1 Å². The van der Waals surface area contributed by atoms with Crippen molar-refractivity contribution in [1.82, 2.24) is 0 Å². The topological polar surface area (TPSA) is 72.5 Å². The molecule has 0 aromatic carbocycles. The summed E-state index contributed by atoms with van der Waals surface area (Å²) in [4.78, 5) is 11.2. The largest absolute Gasteiger partial charge is 0.464 e. The van der Waals surface area contributed by atoms with Crippen LogP contribution in [0, 0.1) is 0 Å². The van der Waals surface area contributed by atoms with Crippen molar-refractivity contribution in [3.05, 3.63) is 0 Å². The van der Waals surface area contributed by atoms with Crippen LogP contribution in [-0.2, 0) is 9.53 Å². The Morgan fingerprint density at radius 3 is 2.57 bits per heavy atom. The third-order valence-corrected chi connectivity index (χ3v) is 2.07. The van der Waals surface area contributed by atoms with Crippen LogP contribution < -0.4 is 5.73 Å². The molecule has 14 heavy (non-hydrogen) atoms. The third kappa shape index (κ3) is 5.19. The van der Waals surface area contributed by atoms with Crippen molar-refractivity contribution < 1.29 is 14.6 Å². The number of unbranched alkanes of at least 4 members (excludes halogenated alkanes) is 3. The Bertz CT molecular complexity index is 169. The van der Waals surface area contributed by atoms with E-state index in [1.165, 1.54) is 6.92 Å². The quantitative estimate of drug-likeness (QED) is 0.474. The smallest absolute Gasteiger partial charge is 0.339 e. The van der Waals surface area contributed by atoms with E-state index in [9.17, 15) is 9.90 Å². The van der Waals surface area contributed by atoms with Gasteiger partial charge in [-0.2, -0.15) is 0 Å². The summed E-state index contributed by atoms with van der Waals surface area (Å²) >= 11 is 0. The summed E-state index contributed by atoms with van der Waals surface area (Å²) in [6.45, 7) is 3.74. The first-order chi connectivity index (χ1) is 6.54. The van der Waals surface area contributed by atoms with Crippen molar-refractivity contribution in [3.8, 4) is 0 Å². The Hall–Kier alpha value is -0.610. The molecule has 0 aromatic rings. The molecule has 4 heteroatoms. The average Bonchev–Trinajstić information content (AvgIpc) is 2.17. The average molecular weight is 203 g/mol. The molecule has 0 amide bonds. The molecule has 0 saturated carbocycles. The molecule has 0 spiro atoms. The molecule has 0 aliphatic carbocycles. The number of rotatable bonds is 7. The second kappa shape index (κ2) is 6.79. The van der Waals surface area contributed by atoms with Gasteiger partial charge in [0.2, 0.25) is 0 Å². The normalized spacial score (nSPS) is 14.9. The fourth-order valence-electron chi connectivity index (χ4n) is 0.933. The minimum atomic E-state index is -1.54. The van der Waals surface area contributed by atoms with Gasteiger partial charge in [-0.3, -0.25) is 0 Å². The van der Waals surface area contributed by atoms with Gasteiger partial charge in [-0.25, -0.2) is 4.79 Å². The van der Waals surface area contributed by atoms with Crippen molar-refractivity contribution in [1.29, 1.82) is 0 Å². The van der Waals surface area contributed by atoms with Crippen molar-refractivity contribution >= 4 is 5.97 Å². The summed E-state index contributed by atoms with van der Waals surface area (Å²) in [5.41, 5.74) is 3.67. The number of carbonyl (C=O) groups excluding carboxylic acids is 1. The van der Waals surface area contributed by atoms with Crippen LogP contribution in [0.2, 0.25) is 0 Å². The van der Waals surface area contributed by atoms with E-state index in [-0.39, 0.29) is 6.54 Å². The van der Waals surface area contributed by atoms with Crippen LogP contribution in [0.4, 0.5) is 0 Å². The van der Waals surface area contributed by atoms with E-state index in [0.29, 0.717) is 6.61 Å². The molecule has 0 aromatic heterocycles. The molecule has 0 radical (unpaired) electrons. The summed E-state index contributed by atoms with van der Waals surface area (Å²) in [5.74, 6) is -0.628. The monoisotopic (exact) mass is 203 g/mol. The van der Waals surface area contributed by atoms with Crippen LogP contribution in [-0.4, -0.2) is 29.8 Å². The minimum Gasteiger partial charge on any atom is -0.464 e. The fraction of sp³-hybridized carbons (Fsp3) is 0.900. The second-order valence-electron chi connectivity index (χ2n) is 3.67. The van der Waals surface area contributed by atoms with Gasteiger partial charge in [0.15, 0.2) is 5.60 Å². The molecule has 84 valence electrons. The van der Waals surface area contributed by atoms with Gasteiger partial charge in [-0.05, 0) is 13.3 Å². The predicted octanol–water partition coefficient (Wildman–Crippen LogP) is 0.820. The van der Waals surface area contributed by atoms with Crippen LogP contribution in [0.1, 0.15) is 39.5 Å². The Labute approximate surface area is 85.4 Å². The van der Waals surface area contributed by atoms with E-state index in [0.717, 1.165) is 25.7 Å². The maximum absolute atomic E-state index is 11.2. The number of hydrogen-bond donors (Lipinski definition) is 2. The second-order valence-corrected chi connectivity index (χ2v) is 3.67. The van der Waals surface area contributed by atoms with Gasteiger partial charge in [-0.15, -0.1) is 0 Å². The van der Waals surface area contributed by atoms with E-state index in [1.54, 1.807) is 0 Å². The predicted molar refractivity (Wildman–Crippen MR) is 54.8 cm³/mol. The zero-order valence-corrected chi connectivity index (χ0v) is 9.08. The van der Waals surface area contributed by atoms with Gasteiger partial charge in [0, 0.05) is 6.54 Å². The molecular weight excluding hydrogens is 182 g/mol. The number of ether oxygens (including phenoxy) is 1. The van der Waals surface area contributed by atoms with Crippen LogP contribution in [0.3, 0.4) is 0 Å². The number of nitrogens with two attached hydrogens (primary N) is 1. The highest BCUT2D eigenvalue weighted by Crippen LogP contribution is 2.05. The Morgan fingerprint density at radius 1 is 1.43 bits per heavy atom. The summed E-state index contributed by atoms with van der Waals surface area (Å²) in [5, 5.41) is 9.39. The van der Waals surface area contributed by atoms with E-state index in [1.807, 2.05) is 0 Å². The van der Waals surface area contributed by atoms with Crippen LogP contribution >= 0.6 is 0 Å². The molecule has 3 N–H and O–H groups in total. The highest BCUT2D eigenvalue weighted by molar-refractivity contribution is 5.78. The van der Waals surface area contributed by atoms with Gasteiger partial charge < -0.3 is 15.6 Å². The maximum Gasteiger partial charge on any atom is 0.339 e. The van der Waals surface area contributed by atoms with Gasteiger partial charge in [0.1, 0.15) is 0 Å². The van der Waals surface area contributed by atoms with Crippen LogP contribution in [0.15, 0.2) is 0 Å². The molecule has 0 rings (SSSR count). The first-order valence-electron chi connectivity index (χ1n) is 5.14. The van der Waals surface area contributed by atoms with Gasteiger partial charge in [0.05, 0.1) is 6.61 Å². The first-order valence-corrected chi connectivity index (χ1v) is 5.14. The van der Waals surface area contributed by atoms with Gasteiger partial charge in [0.25, 0.3) is 0 Å². The molecular formula is C10H21NO3. The highest BCUT2D eigenvalue weighted by atomic mass is 16.5. The number of carbonyl (C=O) groups is 1. The minimum absolute atomic E-state index is 0.110. The Balaban J connectivity index is 3.54. The summed E-state index contributed by atoms with van der Waals surface area (Å²) < 4.78 is 4.88. The molecule has 1 unspecified atom stereocenters. The van der Waals surface area contributed by atoms with E-state index < -0.39 is 11.6 Å². The molecule has 0 heterocycles. The summed E-state index contributed by atoms with van der Waals surface area (Å²) in [6, 6.07) is 0. The fourth-order valence-corrected chi connectivity index (χ4v) is 0.933. The van der Waals surface area contributed by atoms with Crippen molar-refractivity contribution in [2.24, 2.45) is 5.73 Å². The lowest BCUT2D eigenvalue weighted by atomic mass is 10.1. The molecule has 0 bridgehead atoms. The zero-order valence-electron chi connectivity index (χ0n) is 9.08. The van der Waals surface area contributed by atoms with Crippen LogP contribution in [0.5, 0.6) is 0 Å². The highest BCUT2D eigenvalue weighted by Gasteiger charge is 2.29.